The van der Waals surface area contributed by atoms with Crippen molar-refractivity contribution in [1.82, 2.24) is 44.1 Å². The van der Waals surface area contributed by atoms with Crippen LogP contribution in [0.2, 0.25) is 0 Å². The second-order valence-corrected chi connectivity index (χ2v) is 8.92. The standard InChI is InChI=1S/C27H24N10O/c28-19-25-29-20-37(32-25)27(38)34-17-15-33(16-18-34)26(21-3-7-23(8-4-21)35-13-1-11-30-35)22-5-9-24(10-6-22)36-14-2-12-31-36/h1-14,20,26H,15-18H2. The zero-order valence-corrected chi connectivity index (χ0v) is 20.4. The highest BCUT2D eigenvalue weighted by Gasteiger charge is 2.29. The number of benzene rings is 2. The highest BCUT2D eigenvalue weighted by molar-refractivity contribution is 5.75. The number of piperazine rings is 1. The summed E-state index contributed by atoms with van der Waals surface area (Å²) in [6, 6.07) is 22.2. The molecule has 11 nitrogen and oxygen atoms in total. The first-order valence-electron chi connectivity index (χ1n) is 12.2. The molecule has 4 heterocycles. The van der Waals surface area contributed by atoms with Gasteiger partial charge < -0.3 is 4.90 Å². The van der Waals surface area contributed by atoms with Crippen LogP contribution in [0.5, 0.6) is 0 Å². The van der Waals surface area contributed by atoms with Gasteiger partial charge in [-0.05, 0) is 47.5 Å². The Morgan fingerprint density at radius 1 is 0.816 bits per heavy atom. The Labute approximate surface area is 218 Å². The smallest absolute Gasteiger partial charge is 0.320 e. The number of carbonyl (C=O) groups excluding carboxylic acids is 1. The van der Waals surface area contributed by atoms with Crippen molar-refractivity contribution in [1.29, 1.82) is 5.26 Å². The van der Waals surface area contributed by atoms with Gasteiger partial charge >= 0.3 is 6.03 Å². The minimum atomic E-state index is -0.276. The summed E-state index contributed by atoms with van der Waals surface area (Å²) in [5.41, 5.74) is 4.29. The van der Waals surface area contributed by atoms with Gasteiger partial charge in [0.15, 0.2) is 0 Å². The predicted molar refractivity (Wildman–Crippen MR) is 138 cm³/mol. The highest BCUT2D eigenvalue weighted by Crippen LogP contribution is 2.31. The van der Waals surface area contributed by atoms with E-state index in [0.717, 1.165) is 27.2 Å². The van der Waals surface area contributed by atoms with Gasteiger partial charge in [0.05, 0.1) is 17.4 Å². The maximum atomic E-state index is 12.9. The fourth-order valence-electron chi connectivity index (χ4n) is 4.80. The first-order chi connectivity index (χ1) is 18.7. The second-order valence-electron chi connectivity index (χ2n) is 8.92. The summed E-state index contributed by atoms with van der Waals surface area (Å²) in [6.45, 7) is 2.43. The van der Waals surface area contributed by atoms with Gasteiger partial charge in [-0.15, -0.1) is 5.10 Å². The molecule has 0 bridgehead atoms. The predicted octanol–water partition coefficient (Wildman–Crippen LogP) is 2.90. The summed E-state index contributed by atoms with van der Waals surface area (Å²) in [4.78, 5) is 20.9. The molecule has 1 saturated heterocycles. The van der Waals surface area contributed by atoms with Crippen LogP contribution in [0.4, 0.5) is 4.79 Å². The Bertz CT molecular complexity index is 1460. The number of nitriles is 1. The van der Waals surface area contributed by atoms with Crippen molar-refractivity contribution in [3.8, 4) is 17.4 Å². The molecule has 11 heteroatoms. The Kier molecular flexibility index (Phi) is 6.21. The number of hydrogen-bond donors (Lipinski definition) is 0. The van der Waals surface area contributed by atoms with Crippen molar-refractivity contribution >= 4 is 6.03 Å². The number of rotatable bonds is 5. The van der Waals surface area contributed by atoms with Gasteiger partial charge in [-0.2, -0.15) is 20.1 Å². The molecule has 0 atom stereocenters. The first kappa shape index (κ1) is 23.3. The molecule has 188 valence electrons. The van der Waals surface area contributed by atoms with Crippen LogP contribution < -0.4 is 0 Å². The Balaban J connectivity index is 1.25. The molecular weight excluding hydrogens is 480 g/mol. The van der Waals surface area contributed by atoms with Gasteiger partial charge in [0.2, 0.25) is 0 Å². The lowest BCUT2D eigenvalue weighted by molar-refractivity contribution is 0.119. The van der Waals surface area contributed by atoms with E-state index >= 15 is 0 Å². The Morgan fingerprint density at radius 3 is 1.82 bits per heavy atom. The molecule has 0 N–H and O–H groups in total. The van der Waals surface area contributed by atoms with Crippen LogP contribution >= 0.6 is 0 Å². The number of hydrogen-bond acceptors (Lipinski definition) is 7. The summed E-state index contributed by atoms with van der Waals surface area (Å²) in [5.74, 6) is -0.0193. The van der Waals surface area contributed by atoms with Gasteiger partial charge in [0, 0.05) is 51.0 Å². The molecule has 0 unspecified atom stereocenters. The van der Waals surface area contributed by atoms with E-state index < -0.39 is 0 Å². The van der Waals surface area contributed by atoms with Crippen molar-refractivity contribution in [2.75, 3.05) is 26.2 Å². The Morgan fingerprint density at radius 2 is 1.37 bits per heavy atom. The van der Waals surface area contributed by atoms with E-state index in [0.29, 0.717) is 26.2 Å². The summed E-state index contributed by atoms with van der Waals surface area (Å²) in [7, 11) is 0. The number of nitrogens with zero attached hydrogens (tertiary/aromatic N) is 10. The molecule has 0 saturated carbocycles. The lowest BCUT2D eigenvalue weighted by atomic mass is 9.96. The maximum absolute atomic E-state index is 12.9. The zero-order valence-electron chi connectivity index (χ0n) is 20.4. The monoisotopic (exact) mass is 504 g/mol. The van der Waals surface area contributed by atoms with E-state index in [1.807, 2.05) is 40.0 Å². The molecular formula is C27H24N10O. The maximum Gasteiger partial charge on any atom is 0.346 e. The molecule has 38 heavy (non-hydrogen) atoms. The van der Waals surface area contributed by atoms with Crippen LogP contribution in [0.25, 0.3) is 11.4 Å². The first-order valence-corrected chi connectivity index (χ1v) is 12.2. The Hall–Kier alpha value is -5.08. The molecule has 1 fully saturated rings. The van der Waals surface area contributed by atoms with E-state index in [1.54, 1.807) is 17.3 Å². The lowest BCUT2D eigenvalue weighted by Gasteiger charge is -2.39. The van der Waals surface area contributed by atoms with Crippen molar-refractivity contribution in [2.24, 2.45) is 0 Å². The molecule has 2 aromatic carbocycles. The van der Waals surface area contributed by atoms with Crippen molar-refractivity contribution < 1.29 is 4.79 Å². The second kappa shape index (κ2) is 10.1. The van der Waals surface area contributed by atoms with Gasteiger partial charge in [-0.3, -0.25) is 4.90 Å². The molecule has 1 aliphatic heterocycles. The molecule has 0 aliphatic carbocycles. The molecule has 6 rings (SSSR count). The highest BCUT2D eigenvalue weighted by atomic mass is 16.2. The van der Waals surface area contributed by atoms with Crippen LogP contribution in [0.1, 0.15) is 23.0 Å². The average molecular weight is 505 g/mol. The van der Waals surface area contributed by atoms with Gasteiger partial charge in [0.25, 0.3) is 5.82 Å². The van der Waals surface area contributed by atoms with Crippen LogP contribution in [0.15, 0.2) is 91.8 Å². The minimum Gasteiger partial charge on any atom is -0.320 e. The van der Waals surface area contributed by atoms with E-state index in [9.17, 15) is 4.79 Å². The van der Waals surface area contributed by atoms with E-state index in [2.05, 4.69) is 73.7 Å². The lowest BCUT2D eigenvalue weighted by Crippen LogP contribution is -2.51. The van der Waals surface area contributed by atoms with E-state index in [-0.39, 0.29) is 17.9 Å². The fraction of sp³-hybridized carbons (Fsp3) is 0.185. The third-order valence-electron chi connectivity index (χ3n) is 6.69. The molecule has 5 aromatic rings. The summed E-state index contributed by atoms with van der Waals surface area (Å²) in [5, 5.41) is 21.6. The van der Waals surface area contributed by atoms with Gasteiger partial charge in [-0.25, -0.2) is 19.1 Å². The minimum absolute atomic E-state index is 0.00200. The topological polar surface area (TPSA) is 114 Å². The zero-order chi connectivity index (χ0) is 25.9. The summed E-state index contributed by atoms with van der Waals surface area (Å²) >= 11 is 0. The van der Waals surface area contributed by atoms with Crippen LogP contribution in [0.3, 0.4) is 0 Å². The third-order valence-corrected chi connectivity index (χ3v) is 6.69. The van der Waals surface area contributed by atoms with E-state index in [4.69, 9.17) is 5.26 Å². The molecule has 1 aliphatic rings. The van der Waals surface area contributed by atoms with Crippen LogP contribution in [-0.4, -0.2) is 76.3 Å². The largest absolute Gasteiger partial charge is 0.346 e. The van der Waals surface area contributed by atoms with Crippen molar-refractivity contribution in [3.05, 3.63) is 109 Å². The number of aromatic nitrogens is 7. The van der Waals surface area contributed by atoms with Crippen molar-refractivity contribution in [2.45, 2.75) is 6.04 Å². The van der Waals surface area contributed by atoms with Crippen LogP contribution in [0, 0.1) is 11.3 Å². The fourth-order valence-corrected chi connectivity index (χ4v) is 4.80. The van der Waals surface area contributed by atoms with E-state index in [1.165, 1.54) is 6.33 Å². The SMILES string of the molecule is N#Cc1ncn(C(=O)N2CCN(C(c3ccc(-n4cccn4)cc3)c3ccc(-n4cccn4)cc3)CC2)n1. The van der Waals surface area contributed by atoms with Crippen molar-refractivity contribution in [3.63, 3.8) is 0 Å². The third kappa shape index (κ3) is 4.56. The normalized spacial score (nSPS) is 14.1. The summed E-state index contributed by atoms with van der Waals surface area (Å²) < 4.78 is 4.81. The molecule has 1 amide bonds. The average Bonchev–Trinajstić information content (AvgIpc) is 3.77. The quantitative estimate of drug-likeness (QED) is 0.362. The number of amides is 1. The molecule has 3 aromatic heterocycles. The molecule has 0 radical (unpaired) electrons. The van der Waals surface area contributed by atoms with Gasteiger partial charge in [-0.1, -0.05) is 24.3 Å². The summed E-state index contributed by atoms with van der Waals surface area (Å²) in [6.07, 6.45) is 8.66. The van der Waals surface area contributed by atoms with Gasteiger partial charge in [0.1, 0.15) is 12.4 Å². The number of carbonyl (C=O) groups is 1. The molecule has 0 spiro atoms. The van der Waals surface area contributed by atoms with Crippen LogP contribution in [-0.2, 0) is 0 Å².